The van der Waals surface area contributed by atoms with E-state index in [-0.39, 0.29) is 23.2 Å². The molecule has 2 aromatic carbocycles. The van der Waals surface area contributed by atoms with Gasteiger partial charge in [-0.1, -0.05) is 36.9 Å². The number of nitrogens with zero attached hydrogens (tertiary/aromatic N) is 1. The van der Waals surface area contributed by atoms with Crippen LogP contribution >= 0.6 is 11.6 Å². The van der Waals surface area contributed by atoms with E-state index in [9.17, 15) is 17.6 Å². The molecule has 2 aromatic rings. The molecule has 0 unspecified atom stereocenters. The summed E-state index contributed by atoms with van der Waals surface area (Å²) in [5.74, 6) is -0.982. The van der Waals surface area contributed by atoms with Crippen LogP contribution in [0.3, 0.4) is 0 Å². The van der Waals surface area contributed by atoms with Crippen LogP contribution in [0.25, 0.3) is 0 Å². The predicted molar refractivity (Wildman–Crippen MR) is 107 cm³/mol. The second kappa shape index (κ2) is 9.03. The number of hydrogen-bond donors (Lipinski definition) is 1. The van der Waals surface area contributed by atoms with Gasteiger partial charge in [0.1, 0.15) is 5.82 Å². The van der Waals surface area contributed by atoms with Crippen LogP contribution in [0.4, 0.5) is 10.1 Å². The van der Waals surface area contributed by atoms with Gasteiger partial charge in [0.15, 0.2) is 0 Å². The Morgan fingerprint density at radius 3 is 2.43 bits per heavy atom. The fourth-order valence-electron chi connectivity index (χ4n) is 3.43. The lowest BCUT2D eigenvalue weighted by molar-refractivity contribution is -0.116. The van der Waals surface area contributed by atoms with Gasteiger partial charge in [-0.2, -0.15) is 4.31 Å². The zero-order valence-corrected chi connectivity index (χ0v) is 16.8. The van der Waals surface area contributed by atoms with Crippen molar-refractivity contribution in [2.75, 3.05) is 11.9 Å². The SMILES string of the molecule is O=C(CN(C1CCCCC1)S(=O)(=O)c1ccc(Cl)cc1)Nc1cccc(F)c1. The quantitative estimate of drug-likeness (QED) is 0.745. The summed E-state index contributed by atoms with van der Waals surface area (Å²) in [4.78, 5) is 12.6. The third kappa shape index (κ3) is 5.10. The zero-order valence-electron chi connectivity index (χ0n) is 15.3. The average molecular weight is 425 g/mol. The number of benzene rings is 2. The van der Waals surface area contributed by atoms with Crippen LogP contribution in [0, 0.1) is 5.82 Å². The van der Waals surface area contributed by atoms with E-state index in [0.717, 1.165) is 19.3 Å². The Balaban J connectivity index is 1.84. The monoisotopic (exact) mass is 424 g/mol. The summed E-state index contributed by atoms with van der Waals surface area (Å²) in [6.45, 7) is -0.327. The third-order valence-corrected chi connectivity index (χ3v) is 6.97. The second-order valence-electron chi connectivity index (χ2n) is 6.85. The number of amides is 1. The summed E-state index contributed by atoms with van der Waals surface area (Å²) in [6, 6.07) is 11.2. The molecule has 150 valence electrons. The molecule has 0 bridgehead atoms. The smallest absolute Gasteiger partial charge is 0.243 e. The highest BCUT2D eigenvalue weighted by Gasteiger charge is 2.34. The van der Waals surface area contributed by atoms with E-state index in [1.807, 2.05) is 0 Å². The number of carbonyl (C=O) groups is 1. The van der Waals surface area contributed by atoms with E-state index in [4.69, 9.17) is 11.6 Å². The van der Waals surface area contributed by atoms with E-state index in [1.54, 1.807) is 6.07 Å². The maximum Gasteiger partial charge on any atom is 0.243 e. The maximum absolute atomic E-state index is 13.3. The summed E-state index contributed by atoms with van der Waals surface area (Å²) in [6.07, 6.45) is 4.31. The molecular weight excluding hydrogens is 403 g/mol. The minimum Gasteiger partial charge on any atom is -0.325 e. The van der Waals surface area contributed by atoms with E-state index >= 15 is 0 Å². The molecule has 1 amide bonds. The summed E-state index contributed by atoms with van der Waals surface area (Å²) in [7, 11) is -3.87. The maximum atomic E-state index is 13.3. The molecule has 1 fully saturated rings. The fourth-order valence-corrected chi connectivity index (χ4v) is 5.20. The van der Waals surface area contributed by atoms with Gasteiger partial charge in [-0.05, 0) is 55.3 Å². The van der Waals surface area contributed by atoms with Gasteiger partial charge >= 0.3 is 0 Å². The van der Waals surface area contributed by atoms with Gasteiger partial charge in [0.05, 0.1) is 11.4 Å². The molecule has 0 aromatic heterocycles. The van der Waals surface area contributed by atoms with Crippen LogP contribution < -0.4 is 5.32 Å². The van der Waals surface area contributed by atoms with E-state index < -0.39 is 21.7 Å². The predicted octanol–water partition coefficient (Wildman–Crippen LogP) is 4.44. The number of carbonyl (C=O) groups excluding carboxylic acids is 1. The molecule has 0 radical (unpaired) electrons. The lowest BCUT2D eigenvalue weighted by Gasteiger charge is -2.33. The number of anilines is 1. The van der Waals surface area contributed by atoms with E-state index in [2.05, 4.69) is 5.32 Å². The van der Waals surface area contributed by atoms with Crippen LogP contribution in [0.1, 0.15) is 32.1 Å². The first-order valence-corrected chi connectivity index (χ1v) is 11.0. The summed E-state index contributed by atoms with van der Waals surface area (Å²) in [5, 5.41) is 3.02. The zero-order chi connectivity index (χ0) is 20.1. The lowest BCUT2D eigenvalue weighted by Crippen LogP contribution is -2.45. The highest BCUT2D eigenvalue weighted by atomic mass is 35.5. The Hall–Kier alpha value is -1.96. The van der Waals surface area contributed by atoms with Gasteiger partial charge < -0.3 is 5.32 Å². The van der Waals surface area contributed by atoms with Crippen LogP contribution in [-0.4, -0.2) is 31.2 Å². The molecule has 0 saturated heterocycles. The Kier molecular flexibility index (Phi) is 6.69. The molecule has 0 heterocycles. The van der Waals surface area contributed by atoms with E-state index in [1.165, 1.54) is 46.8 Å². The largest absolute Gasteiger partial charge is 0.325 e. The second-order valence-corrected chi connectivity index (χ2v) is 9.18. The third-order valence-electron chi connectivity index (χ3n) is 4.81. The minimum atomic E-state index is -3.87. The topological polar surface area (TPSA) is 66.5 Å². The van der Waals surface area contributed by atoms with Crippen molar-refractivity contribution in [3.05, 3.63) is 59.4 Å². The molecule has 5 nitrogen and oxygen atoms in total. The van der Waals surface area contributed by atoms with Crippen molar-refractivity contribution in [2.45, 2.75) is 43.0 Å². The highest BCUT2D eigenvalue weighted by Crippen LogP contribution is 2.28. The fraction of sp³-hybridized carbons (Fsp3) is 0.350. The number of nitrogens with one attached hydrogen (secondary N) is 1. The van der Waals surface area contributed by atoms with Gasteiger partial charge in [0.2, 0.25) is 15.9 Å². The molecule has 1 aliphatic rings. The van der Waals surface area contributed by atoms with Crippen molar-refractivity contribution in [1.82, 2.24) is 4.31 Å². The highest BCUT2D eigenvalue weighted by molar-refractivity contribution is 7.89. The van der Waals surface area contributed by atoms with E-state index in [0.29, 0.717) is 17.9 Å². The normalized spacial score (nSPS) is 15.5. The number of sulfonamides is 1. The lowest BCUT2D eigenvalue weighted by atomic mass is 9.95. The Morgan fingerprint density at radius 1 is 1.11 bits per heavy atom. The first kappa shape index (κ1) is 20.8. The molecule has 0 atom stereocenters. The molecular formula is C20H22ClFN2O3S. The van der Waals surface area contributed by atoms with Crippen molar-refractivity contribution in [1.29, 1.82) is 0 Å². The van der Waals surface area contributed by atoms with Gasteiger partial charge in [-0.15, -0.1) is 0 Å². The van der Waals surface area contributed by atoms with Crippen molar-refractivity contribution in [3.8, 4) is 0 Å². The minimum absolute atomic E-state index is 0.0982. The molecule has 1 N–H and O–H groups in total. The first-order valence-electron chi connectivity index (χ1n) is 9.19. The Bertz CT molecular complexity index is 929. The van der Waals surface area contributed by atoms with Crippen LogP contribution in [0.15, 0.2) is 53.4 Å². The molecule has 28 heavy (non-hydrogen) atoms. The number of hydrogen-bond acceptors (Lipinski definition) is 3. The van der Waals surface area contributed by atoms with Crippen LogP contribution in [-0.2, 0) is 14.8 Å². The first-order chi connectivity index (χ1) is 13.4. The van der Waals surface area contributed by atoms with Gasteiger partial charge in [-0.25, -0.2) is 12.8 Å². The molecule has 1 saturated carbocycles. The molecule has 8 heteroatoms. The van der Waals surface area contributed by atoms with Crippen molar-refractivity contribution in [3.63, 3.8) is 0 Å². The van der Waals surface area contributed by atoms with Crippen molar-refractivity contribution < 1.29 is 17.6 Å². The molecule has 3 rings (SSSR count). The molecule has 0 spiro atoms. The van der Waals surface area contributed by atoms with Gasteiger partial charge in [-0.3, -0.25) is 4.79 Å². The molecule has 1 aliphatic carbocycles. The van der Waals surface area contributed by atoms with Gasteiger partial charge in [0.25, 0.3) is 0 Å². The summed E-state index contributed by atoms with van der Waals surface area (Å²) in [5.41, 5.74) is 0.289. The Morgan fingerprint density at radius 2 is 1.79 bits per heavy atom. The Labute approximate surface area is 169 Å². The standard InChI is InChI=1S/C20H22ClFN2O3S/c21-15-9-11-19(12-10-15)28(26,27)24(18-7-2-1-3-8-18)14-20(25)23-17-6-4-5-16(22)13-17/h4-6,9-13,18H,1-3,7-8,14H2,(H,23,25). The number of halogens is 2. The molecule has 0 aliphatic heterocycles. The number of rotatable bonds is 6. The average Bonchev–Trinajstić information content (AvgIpc) is 2.67. The van der Waals surface area contributed by atoms with Crippen LogP contribution in [0.5, 0.6) is 0 Å². The van der Waals surface area contributed by atoms with Crippen molar-refractivity contribution >= 4 is 33.2 Å². The van der Waals surface area contributed by atoms with Crippen molar-refractivity contribution in [2.24, 2.45) is 0 Å². The summed E-state index contributed by atoms with van der Waals surface area (Å²) < 4.78 is 41.1. The van der Waals surface area contributed by atoms with Crippen LogP contribution in [0.2, 0.25) is 5.02 Å². The summed E-state index contributed by atoms with van der Waals surface area (Å²) >= 11 is 5.87. The van der Waals surface area contributed by atoms with Gasteiger partial charge in [0, 0.05) is 16.8 Å².